The highest BCUT2D eigenvalue weighted by Crippen LogP contribution is 2.05. The molecule has 0 unspecified atom stereocenters. The van der Waals surface area contributed by atoms with Crippen molar-refractivity contribution in [3.8, 4) is 0 Å². The van der Waals surface area contributed by atoms with E-state index in [1.807, 2.05) is 35.8 Å². The molecular formula is C14H17N3OS. The van der Waals surface area contributed by atoms with E-state index in [0.29, 0.717) is 5.56 Å². The van der Waals surface area contributed by atoms with E-state index in [-0.39, 0.29) is 5.91 Å². The second-order valence-electron chi connectivity index (χ2n) is 4.13. The van der Waals surface area contributed by atoms with Crippen LogP contribution in [-0.4, -0.2) is 24.5 Å². The molecule has 1 amide bonds. The minimum atomic E-state index is -0.0525. The lowest BCUT2D eigenvalue weighted by atomic mass is 10.1. The van der Waals surface area contributed by atoms with Crippen molar-refractivity contribution in [3.05, 3.63) is 52.0 Å². The number of rotatable bonds is 6. The van der Waals surface area contributed by atoms with Gasteiger partial charge < -0.3 is 10.6 Å². The first-order valence-corrected chi connectivity index (χ1v) is 7.07. The van der Waals surface area contributed by atoms with E-state index in [0.717, 1.165) is 24.5 Å². The molecule has 0 spiro atoms. The van der Waals surface area contributed by atoms with Crippen LogP contribution in [0.15, 0.2) is 35.8 Å². The van der Waals surface area contributed by atoms with Crippen LogP contribution in [0.4, 0.5) is 0 Å². The van der Waals surface area contributed by atoms with E-state index < -0.39 is 0 Å². The maximum Gasteiger partial charge on any atom is 0.251 e. The molecule has 2 aromatic rings. The van der Waals surface area contributed by atoms with Gasteiger partial charge in [-0.1, -0.05) is 12.1 Å². The summed E-state index contributed by atoms with van der Waals surface area (Å²) in [4.78, 5) is 15.6. The van der Waals surface area contributed by atoms with E-state index >= 15 is 0 Å². The number of aromatic nitrogens is 1. The lowest BCUT2D eigenvalue weighted by molar-refractivity contribution is 0.0963. The van der Waals surface area contributed by atoms with E-state index in [1.54, 1.807) is 18.4 Å². The van der Waals surface area contributed by atoms with Crippen LogP contribution in [0.3, 0.4) is 0 Å². The summed E-state index contributed by atoms with van der Waals surface area (Å²) in [5.41, 5.74) is 1.86. The van der Waals surface area contributed by atoms with Gasteiger partial charge in [0.2, 0.25) is 0 Å². The molecule has 1 aromatic carbocycles. The van der Waals surface area contributed by atoms with Crippen molar-refractivity contribution in [1.29, 1.82) is 0 Å². The normalized spacial score (nSPS) is 10.4. The van der Waals surface area contributed by atoms with E-state index in [1.165, 1.54) is 5.56 Å². The predicted molar refractivity (Wildman–Crippen MR) is 77.4 cm³/mol. The summed E-state index contributed by atoms with van der Waals surface area (Å²) < 4.78 is 0. The van der Waals surface area contributed by atoms with Gasteiger partial charge >= 0.3 is 0 Å². The Kier molecular flexibility index (Phi) is 5.06. The Morgan fingerprint density at radius 2 is 2.11 bits per heavy atom. The van der Waals surface area contributed by atoms with Crippen molar-refractivity contribution in [2.45, 2.75) is 13.0 Å². The van der Waals surface area contributed by atoms with E-state index in [9.17, 15) is 4.79 Å². The van der Waals surface area contributed by atoms with Crippen LogP contribution in [0.1, 0.15) is 20.9 Å². The Labute approximate surface area is 116 Å². The van der Waals surface area contributed by atoms with Gasteiger partial charge in [0.15, 0.2) is 0 Å². The number of hydrogen-bond donors (Lipinski definition) is 2. The average Bonchev–Trinajstić information content (AvgIpc) is 2.96. The molecule has 4 nitrogen and oxygen atoms in total. The molecule has 1 heterocycles. The SMILES string of the molecule is CNC(=O)c1ccc(CNCCc2nccs2)cc1. The van der Waals surface area contributed by atoms with Gasteiger partial charge in [-0.3, -0.25) is 4.79 Å². The summed E-state index contributed by atoms with van der Waals surface area (Å²) in [5, 5.41) is 9.12. The molecule has 0 bridgehead atoms. The molecular weight excluding hydrogens is 258 g/mol. The van der Waals surface area contributed by atoms with Gasteiger partial charge in [-0.05, 0) is 17.7 Å². The van der Waals surface area contributed by atoms with Gasteiger partial charge in [0, 0.05) is 43.7 Å². The lowest BCUT2D eigenvalue weighted by Gasteiger charge is -2.05. The zero-order chi connectivity index (χ0) is 13.5. The van der Waals surface area contributed by atoms with Crippen LogP contribution < -0.4 is 10.6 Å². The number of thiazole rings is 1. The molecule has 1 aromatic heterocycles. The summed E-state index contributed by atoms with van der Waals surface area (Å²) in [6, 6.07) is 7.63. The molecule has 100 valence electrons. The summed E-state index contributed by atoms with van der Waals surface area (Å²) in [7, 11) is 1.64. The third kappa shape index (κ3) is 4.15. The predicted octanol–water partition coefficient (Wildman–Crippen LogP) is 1.83. The summed E-state index contributed by atoms with van der Waals surface area (Å²) in [6.45, 7) is 1.71. The average molecular weight is 275 g/mol. The molecule has 19 heavy (non-hydrogen) atoms. The summed E-state index contributed by atoms with van der Waals surface area (Å²) in [6.07, 6.45) is 2.78. The van der Waals surface area contributed by atoms with Gasteiger partial charge in [0.05, 0.1) is 5.01 Å². The van der Waals surface area contributed by atoms with Crippen molar-refractivity contribution in [2.75, 3.05) is 13.6 Å². The van der Waals surface area contributed by atoms with Gasteiger partial charge in [-0.15, -0.1) is 11.3 Å². The maximum absolute atomic E-state index is 11.4. The molecule has 0 atom stereocenters. The second kappa shape index (κ2) is 7.01. The fraction of sp³-hybridized carbons (Fsp3) is 0.286. The number of hydrogen-bond acceptors (Lipinski definition) is 4. The van der Waals surface area contributed by atoms with E-state index in [2.05, 4.69) is 15.6 Å². The Bertz CT molecular complexity index is 508. The lowest BCUT2D eigenvalue weighted by Crippen LogP contribution is -2.18. The van der Waals surface area contributed by atoms with Crippen LogP contribution in [0.25, 0.3) is 0 Å². The van der Waals surface area contributed by atoms with Crippen molar-refractivity contribution in [3.63, 3.8) is 0 Å². The van der Waals surface area contributed by atoms with Crippen molar-refractivity contribution < 1.29 is 4.79 Å². The quantitative estimate of drug-likeness (QED) is 0.791. The first-order chi connectivity index (χ1) is 9.29. The first-order valence-electron chi connectivity index (χ1n) is 6.19. The first kappa shape index (κ1) is 13.7. The van der Waals surface area contributed by atoms with Crippen LogP contribution in [-0.2, 0) is 13.0 Å². The van der Waals surface area contributed by atoms with Gasteiger partial charge in [0.1, 0.15) is 0 Å². The van der Waals surface area contributed by atoms with Gasteiger partial charge in [-0.25, -0.2) is 4.98 Å². The fourth-order valence-electron chi connectivity index (χ4n) is 1.72. The summed E-state index contributed by atoms with van der Waals surface area (Å²) >= 11 is 1.68. The number of carbonyl (C=O) groups is 1. The topological polar surface area (TPSA) is 54.0 Å². The standard InChI is InChI=1S/C14H17N3OS/c1-15-14(18)12-4-2-11(3-5-12)10-16-7-6-13-17-8-9-19-13/h2-5,8-9,16H,6-7,10H2,1H3,(H,15,18). The second-order valence-corrected chi connectivity index (χ2v) is 5.11. The van der Waals surface area contributed by atoms with Gasteiger partial charge in [-0.2, -0.15) is 0 Å². The Balaban J connectivity index is 1.75. The molecule has 0 saturated heterocycles. The Morgan fingerprint density at radius 1 is 1.32 bits per heavy atom. The Hall–Kier alpha value is -1.72. The molecule has 0 radical (unpaired) electrons. The number of nitrogens with one attached hydrogen (secondary N) is 2. The van der Waals surface area contributed by atoms with Crippen LogP contribution in [0, 0.1) is 0 Å². The number of carbonyl (C=O) groups excluding carboxylic acids is 1. The zero-order valence-electron chi connectivity index (χ0n) is 10.8. The summed E-state index contributed by atoms with van der Waals surface area (Å²) in [5.74, 6) is -0.0525. The molecule has 2 N–H and O–H groups in total. The minimum Gasteiger partial charge on any atom is -0.355 e. The third-order valence-corrected chi connectivity index (χ3v) is 3.61. The van der Waals surface area contributed by atoms with Crippen LogP contribution in [0.5, 0.6) is 0 Å². The third-order valence-electron chi connectivity index (χ3n) is 2.77. The van der Waals surface area contributed by atoms with Crippen molar-refractivity contribution in [2.24, 2.45) is 0 Å². The minimum absolute atomic E-state index is 0.0525. The van der Waals surface area contributed by atoms with Crippen LogP contribution in [0.2, 0.25) is 0 Å². The molecule has 5 heteroatoms. The Morgan fingerprint density at radius 3 is 2.74 bits per heavy atom. The highest BCUT2D eigenvalue weighted by atomic mass is 32.1. The molecule has 0 aliphatic heterocycles. The van der Waals surface area contributed by atoms with Crippen molar-refractivity contribution >= 4 is 17.2 Å². The number of benzene rings is 1. The monoisotopic (exact) mass is 275 g/mol. The van der Waals surface area contributed by atoms with E-state index in [4.69, 9.17) is 0 Å². The number of nitrogens with zero attached hydrogens (tertiary/aromatic N) is 1. The molecule has 0 aliphatic carbocycles. The van der Waals surface area contributed by atoms with Crippen LogP contribution >= 0.6 is 11.3 Å². The fourth-order valence-corrected chi connectivity index (χ4v) is 2.34. The smallest absolute Gasteiger partial charge is 0.251 e. The zero-order valence-corrected chi connectivity index (χ0v) is 11.7. The molecule has 0 aliphatic rings. The maximum atomic E-state index is 11.4. The largest absolute Gasteiger partial charge is 0.355 e. The van der Waals surface area contributed by atoms with Gasteiger partial charge in [0.25, 0.3) is 5.91 Å². The highest BCUT2D eigenvalue weighted by Gasteiger charge is 2.02. The molecule has 0 saturated carbocycles. The number of amides is 1. The molecule has 2 rings (SSSR count). The molecule has 0 fully saturated rings. The highest BCUT2D eigenvalue weighted by molar-refractivity contribution is 7.09. The van der Waals surface area contributed by atoms with Crippen molar-refractivity contribution in [1.82, 2.24) is 15.6 Å².